The molecule has 1 amide bonds. The van der Waals surface area contributed by atoms with E-state index in [-0.39, 0.29) is 17.5 Å². The third-order valence-electron chi connectivity index (χ3n) is 3.94. The molecule has 0 saturated carbocycles. The first-order chi connectivity index (χ1) is 13.1. The maximum absolute atomic E-state index is 12.4. The molecule has 3 heterocycles. The van der Waals surface area contributed by atoms with Gasteiger partial charge in [-0.2, -0.15) is 4.52 Å². The zero-order valence-electron chi connectivity index (χ0n) is 14.1. The third kappa shape index (κ3) is 3.61. The number of nitrogen functional groups attached to an aromatic ring is 1. The Labute approximate surface area is 159 Å². The highest BCUT2D eigenvalue weighted by Gasteiger charge is 2.15. The number of hydrogen-bond donors (Lipinski definition) is 2. The lowest BCUT2D eigenvalue weighted by Gasteiger charge is -2.06. The van der Waals surface area contributed by atoms with Gasteiger partial charge in [0.05, 0.1) is 6.26 Å². The second-order valence-corrected chi connectivity index (χ2v) is 6.25. The van der Waals surface area contributed by atoms with Gasteiger partial charge in [0.15, 0.2) is 11.4 Å². The molecule has 0 atom stereocenters. The number of carbonyl (C=O) groups is 1. The number of nitrogens with one attached hydrogen (secondary N) is 1. The van der Waals surface area contributed by atoms with Crippen LogP contribution in [-0.4, -0.2) is 32.0 Å². The van der Waals surface area contributed by atoms with Gasteiger partial charge in [0, 0.05) is 17.6 Å². The molecule has 0 fully saturated rings. The number of hydrogen-bond acceptors (Lipinski definition) is 6. The molecule has 0 radical (unpaired) electrons. The molecule has 0 bridgehead atoms. The van der Waals surface area contributed by atoms with Gasteiger partial charge in [-0.05, 0) is 36.2 Å². The van der Waals surface area contributed by atoms with E-state index in [1.54, 1.807) is 12.1 Å². The first-order valence-corrected chi connectivity index (χ1v) is 8.58. The van der Waals surface area contributed by atoms with Crippen LogP contribution in [0, 0.1) is 0 Å². The largest absolute Gasteiger partial charge is 0.461 e. The summed E-state index contributed by atoms with van der Waals surface area (Å²) in [5.74, 6) is 0.613. The second-order valence-electron chi connectivity index (χ2n) is 5.81. The van der Waals surface area contributed by atoms with Crippen molar-refractivity contribution in [3.63, 3.8) is 0 Å². The number of benzene rings is 1. The molecule has 1 aromatic carbocycles. The van der Waals surface area contributed by atoms with Crippen LogP contribution in [0.15, 0.2) is 53.1 Å². The molecule has 0 spiro atoms. The summed E-state index contributed by atoms with van der Waals surface area (Å²) < 4.78 is 6.65. The van der Waals surface area contributed by atoms with Crippen molar-refractivity contribution in [3.8, 4) is 11.6 Å². The quantitative estimate of drug-likeness (QED) is 0.548. The van der Waals surface area contributed by atoms with Gasteiger partial charge in [-0.25, -0.2) is 9.97 Å². The van der Waals surface area contributed by atoms with Crippen molar-refractivity contribution < 1.29 is 9.21 Å². The maximum atomic E-state index is 12.4. The van der Waals surface area contributed by atoms with E-state index in [4.69, 9.17) is 21.8 Å². The Balaban J connectivity index is 1.49. The summed E-state index contributed by atoms with van der Waals surface area (Å²) in [7, 11) is 0. The average molecular weight is 383 g/mol. The highest BCUT2D eigenvalue weighted by Crippen LogP contribution is 2.18. The van der Waals surface area contributed by atoms with E-state index in [1.807, 2.05) is 24.3 Å². The van der Waals surface area contributed by atoms with E-state index in [2.05, 4.69) is 20.4 Å². The van der Waals surface area contributed by atoms with Crippen molar-refractivity contribution in [2.24, 2.45) is 0 Å². The molecule has 136 valence electrons. The number of nitrogens with zero attached hydrogens (tertiary/aromatic N) is 4. The zero-order valence-corrected chi connectivity index (χ0v) is 14.8. The molecule has 3 aromatic heterocycles. The van der Waals surface area contributed by atoms with Gasteiger partial charge in [-0.15, -0.1) is 5.10 Å². The molecule has 4 rings (SSSR count). The summed E-state index contributed by atoms with van der Waals surface area (Å²) in [5, 5.41) is 7.75. The summed E-state index contributed by atoms with van der Waals surface area (Å²) in [5.41, 5.74) is 7.58. The van der Waals surface area contributed by atoms with Crippen molar-refractivity contribution in [1.82, 2.24) is 24.9 Å². The minimum absolute atomic E-state index is 0.0701. The normalized spacial score (nSPS) is 11.0. The molecule has 0 saturated heterocycles. The van der Waals surface area contributed by atoms with Crippen molar-refractivity contribution in [1.29, 1.82) is 0 Å². The van der Waals surface area contributed by atoms with Gasteiger partial charge in [0.25, 0.3) is 5.91 Å². The Kier molecular flexibility index (Phi) is 4.47. The minimum Gasteiger partial charge on any atom is -0.461 e. The smallest absolute Gasteiger partial charge is 0.270 e. The molecule has 0 aliphatic rings. The van der Waals surface area contributed by atoms with E-state index in [0.717, 1.165) is 5.56 Å². The third-order valence-corrected chi connectivity index (χ3v) is 4.19. The van der Waals surface area contributed by atoms with E-state index < -0.39 is 0 Å². The fourth-order valence-electron chi connectivity index (χ4n) is 2.60. The second kappa shape index (κ2) is 7.08. The van der Waals surface area contributed by atoms with Crippen LogP contribution in [0.4, 0.5) is 5.95 Å². The number of rotatable bonds is 5. The molecular weight excluding hydrogens is 368 g/mol. The topological polar surface area (TPSA) is 111 Å². The number of fused-ring (bicyclic) bond motifs is 1. The number of aromatic nitrogens is 4. The van der Waals surface area contributed by atoms with Crippen LogP contribution in [0.2, 0.25) is 5.02 Å². The molecule has 4 aromatic rings. The van der Waals surface area contributed by atoms with Crippen LogP contribution >= 0.6 is 11.6 Å². The Morgan fingerprint density at radius 2 is 2.04 bits per heavy atom. The van der Waals surface area contributed by atoms with Crippen molar-refractivity contribution in [2.75, 3.05) is 12.3 Å². The molecule has 27 heavy (non-hydrogen) atoms. The molecule has 8 nitrogen and oxygen atoms in total. The fraction of sp³-hybridized carbons (Fsp3) is 0.111. The molecule has 0 aliphatic heterocycles. The van der Waals surface area contributed by atoms with Crippen LogP contribution in [-0.2, 0) is 6.42 Å². The van der Waals surface area contributed by atoms with Gasteiger partial charge in [0.1, 0.15) is 5.69 Å². The molecule has 9 heteroatoms. The van der Waals surface area contributed by atoms with E-state index in [0.29, 0.717) is 35.2 Å². The lowest BCUT2D eigenvalue weighted by atomic mass is 10.1. The summed E-state index contributed by atoms with van der Waals surface area (Å²) >= 11 is 5.86. The van der Waals surface area contributed by atoms with Crippen molar-refractivity contribution in [2.45, 2.75) is 6.42 Å². The van der Waals surface area contributed by atoms with Crippen LogP contribution in [0.3, 0.4) is 0 Å². The van der Waals surface area contributed by atoms with Gasteiger partial charge in [0.2, 0.25) is 11.8 Å². The number of anilines is 1. The lowest BCUT2D eigenvalue weighted by molar-refractivity contribution is 0.0949. The summed E-state index contributed by atoms with van der Waals surface area (Å²) in [6.07, 6.45) is 2.20. The Morgan fingerprint density at radius 1 is 1.22 bits per heavy atom. The number of carbonyl (C=O) groups excluding carboxylic acids is 1. The lowest BCUT2D eigenvalue weighted by Crippen LogP contribution is -2.27. The molecule has 0 aliphatic carbocycles. The minimum atomic E-state index is -0.333. The number of amides is 1. The summed E-state index contributed by atoms with van der Waals surface area (Å²) in [6.45, 7) is 0.456. The highest BCUT2D eigenvalue weighted by molar-refractivity contribution is 6.30. The highest BCUT2D eigenvalue weighted by atomic mass is 35.5. The zero-order chi connectivity index (χ0) is 18.8. The average Bonchev–Trinajstić information content (AvgIpc) is 3.32. The van der Waals surface area contributed by atoms with E-state index in [1.165, 1.54) is 16.8 Å². The molecular formula is C18H15ClN6O2. The van der Waals surface area contributed by atoms with Gasteiger partial charge in [-0.3, -0.25) is 4.79 Å². The predicted octanol–water partition coefficient (Wildman–Crippen LogP) is 2.59. The van der Waals surface area contributed by atoms with Crippen LogP contribution in [0.1, 0.15) is 16.1 Å². The predicted molar refractivity (Wildman–Crippen MR) is 100 cm³/mol. The Morgan fingerprint density at radius 3 is 2.78 bits per heavy atom. The van der Waals surface area contributed by atoms with Crippen LogP contribution in [0.25, 0.3) is 17.2 Å². The molecule has 0 unspecified atom stereocenters. The fourth-order valence-corrected chi connectivity index (χ4v) is 2.73. The molecule has 3 N–H and O–H groups in total. The first kappa shape index (κ1) is 17.0. The SMILES string of the molecule is Nc1nc(C(=O)NCCc2ccc(Cl)cc2)cc2nc(-c3ccco3)nn12. The summed E-state index contributed by atoms with van der Waals surface area (Å²) in [6, 6.07) is 12.5. The van der Waals surface area contributed by atoms with Gasteiger partial charge >= 0.3 is 0 Å². The van der Waals surface area contributed by atoms with Gasteiger partial charge < -0.3 is 15.5 Å². The first-order valence-electron chi connectivity index (χ1n) is 8.20. The van der Waals surface area contributed by atoms with Gasteiger partial charge in [-0.1, -0.05) is 23.7 Å². The number of nitrogens with two attached hydrogens (primary N) is 1. The summed E-state index contributed by atoms with van der Waals surface area (Å²) in [4.78, 5) is 20.8. The Bertz CT molecular complexity index is 1090. The maximum Gasteiger partial charge on any atom is 0.270 e. The van der Waals surface area contributed by atoms with E-state index in [9.17, 15) is 4.79 Å². The Hall–Kier alpha value is -3.39. The van der Waals surface area contributed by atoms with Crippen LogP contribution in [0.5, 0.6) is 0 Å². The van der Waals surface area contributed by atoms with E-state index >= 15 is 0 Å². The monoisotopic (exact) mass is 382 g/mol. The number of halogens is 1. The standard InChI is InChI=1S/C18H15ClN6O2/c19-12-5-3-11(4-6-12)7-8-21-17(26)13-10-15-23-16(14-2-1-9-27-14)24-25(15)18(20)22-13/h1-6,9-10H,7-8H2,(H2,20,22)(H,21,26). The van der Waals surface area contributed by atoms with Crippen LogP contribution < -0.4 is 11.1 Å². The van der Waals surface area contributed by atoms with Crippen molar-refractivity contribution >= 4 is 29.1 Å². The van der Waals surface area contributed by atoms with Crippen molar-refractivity contribution in [3.05, 3.63) is 65.0 Å². The number of furan rings is 1.